The number of nitrogens with one attached hydrogen (secondary N) is 1. The summed E-state index contributed by atoms with van der Waals surface area (Å²) in [4.78, 5) is 22.0. The normalized spacial score (nSPS) is 21.7. The molecule has 1 aliphatic carbocycles. The van der Waals surface area contributed by atoms with Gasteiger partial charge in [0.1, 0.15) is 5.82 Å². The van der Waals surface area contributed by atoms with Crippen LogP contribution in [0.3, 0.4) is 0 Å². The molecule has 154 valence electrons. The molecule has 1 fully saturated rings. The van der Waals surface area contributed by atoms with Crippen molar-refractivity contribution in [3.8, 4) is 5.75 Å². The van der Waals surface area contributed by atoms with Crippen LogP contribution in [-0.2, 0) is 10.2 Å². The van der Waals surface area contributed by atoms with Crippen LogP contribution in [0.4, 0.5) is 5.69 Å². The van der Waals surface area contributed by atoms with Crippen LogP contribution in [-0.4, -0.2) is 22.5 Å². The fourth-order valence-corrected chi connectivity index (χ4v) is 4.67. The van der Waals surface area contributed by atoms with E-state index in [2.05, 4.69) is 41.3 Å². The van der Waals surface area contributed by atoms with Gasteiger partial charge in [0.15, 0.2) is 5.75 Å². The molecule has 1 aromatic heterocycles. The average molecular weight is 402 g/mol. The zero-order chi connectivity index (χ0) is 21.4. The summed E-state index contributed by atoms with van der Waals surface area (Å²) in [5.41, 5.74) is 2.00. The SMILES string of the molecule is Cc1ncc(OCC2(c3ccccc3)C(C(=O)Nc3ccccc3)C2(C)C)c(C)n1. The molecule has 3 aromatic rings. The van der Waals surface area contributed by atoms with Crippen molar-refractivity contribution in [3.63, 3.8) is 0 Å². The lowest BCUT2D eigenvalue weighted by atomic mass is 9.88. The number of ether oxygens (including phenoxy) is 1. The van der Waals surface area contributed by atoms with E-state index in [0.717, 1.165) is 16.9 Å². The lowest BCUT2D eigenvalue weighted by molar-refractivity contribution is -0.118. The summed E-state index contributed by atoms with van der Waals surface area (Å²) in [5.74, 6) is 1.15. The number of amides is 1. The molecule has 1 N–H and O–H groups in total. The summed E-state index contributed by atoms with van der Waals surface area (Å²) >= 11 is 0. The van der Waals surface area contributed by atoms with Crippen LogP contribution in [0.2, 0.25) is 0 Å². The number of carbonyl (C=O) groups excluding carboxylic acids is 1. The number of aromatic nitrogens is 2. The van der Waals surface area contributed by atoms with Gasteiger partial charge in [-0.2, -0.15) is 0 Å². The molecule has 0 spiro atoms. The van der Waals surface area contributed by atoms with Crippen molar-refractivity contribution in [1.82, 2.24) is 9.97 Å². The number of carbonyl (C=O) groups is 1. The Morgan fingerprint density at radius 1 is 1.03 bits per heavy atom. The molecule has 30 heavy (non-hydrogen) atoms. The lowest BCUT2D eigenvalue weighted by Crippen LogP contribution is -2.27. The van der Waals surface area contributed by atoms with E-state index in [1.54, 1.807) is 6.20 Å². The molecule has 1 amide bonds. The molecule has 2 unspecified atom stereocenters. The van der Waals surface area contributed by atoms with Gasteiger partial charge in [0, 0.05) is 11.1 Å². The van der Waals surface area contributed by atoms with Crippen molar-refractivity contribution in [3.05, 3.63) is 83.9 Å². The second-order valence-corrected chi connectivity index (χ2v) is 8.50. The van der Waals surface area contributed by atoms with E-state index in [1.165, 1.54) is 0 Å². The van der Waals surface area contributed by atoms with Gasteiger partial charge in [0.05, 0.1) is 24.4 Å². The highest BCUT2D eigenvalue weighted by molar-refractivity contribution is 5.97. The quantitative estimate of drug-likeness (QED) is 0.650. The maximum absolute atomic E-state index is 13.3. The predicted octanol–water partition coefficient (Wildman–Crippen LogP) is 4.70. The number of anilines is 1. The Balaban J connectivity index is 1.65. The Labute approximate surface area is 177 Å². The number of para-hydroxylation sites is 1. The lowest BCUT2D eigenvalue weighted by Gasteiger charge is -2.22. The maximum Gasteiger partial charge on any atom is 0.229 e. The minimum absolute atomic E-state index is 0.00975. The van der Waals surface area contributed by atoms with Crippen molar-refractivity contribution in [2.24, 2.45) is 11.3 Å². The molecule has 0 bridgehead atoms. The van der Waals surface area contributed by atoms with E-state index >= 15 is 0 Å². The minimum atomic E-state index is -0.440. The number of hydrogen-bond acceptors (Lipinski definition) is 4. The number of rotatable bonds is 6. The Hall–Kier alpha value is -3.21. The first-order valence-electron chi connectivity index (χ1n) is 10.2. The van der Waals surface area contributed by atoms with Gasteiger partial charge in [-0.1, -0.05) is 62.4 Å². The standard InChI is InChI=1S/C25H27N3O2/c1-17-21(15-26-18(2)27-17)30-16-25(19-11-7-5-8-12-19)22(24(25,3)4)23(29)28-20-13-9-6-10-14-20/h5-15,22H,16H2,1-4H3,(H,28,29). The second-order valence-electron chi connectivity index (χ2n) is 8.50. The van der Waals surface area contributed by atoms with Gasteiger partial charge < -0.3 is 10.1 Å². The minimum Gasteiger partial charge on any atom is -0.489 e. The first-order chi connectivity index (χ1) is 14.4. The number of nitrogens with zero attached hydrogens (tertiary/aromatic N) is 2. The number of benzene rings is 2. The Kier molecular flexibility index (Phi) is 5.06. The van der Waals surface area contributed by atoms with Crippen LogP contribution in [0.25, 0.3) is 0 Å². The summed E-state index contributed by atoms with van der Waals surface area (Å²) in [5, 5.41) is 3.08. The van der Waals surface area contributed by atoms with Gasteiger partial charge in [0.2, 0.25) is 5.91 Å². The smallest absolute Gasteiger partial charge is 0.229 e. The van der Waals surface area contributed by atoms with Gasteiger partial charge in [-0.05, 0) is 37.0 Å². The van der Waals surface area contributed by atoms with Crippen LogP contribution >= 0.6 is 0 Å². The van der Waals surface area contributed by atoms with Crippen LogP contribution in [0, 0.1) is 25.2 Å². The van der Waals surface area contributed by atoms with E-state index < -0.39 is 5.41 Å². The van der Waals surface area contributed by atoms with Crippen molar-refractivity contribution in [2.75, 3.05) is 11.9 Å². The zero-order valence-corrected chi connectivity index (χ0v) is 17.8. The van der Waals surface area contributed by atoms with Gasteiger partial charge in [-0.15, -0.1) is 0 Å². The van der Waals surface area contributed by atoms with Crippen LogP contribution in [0.1, 0.15) is 30.9 Å². The van der Waals surface area contributed by atoms with E-state index in [4.69, 9.17) is 4.74 Å². The van der Waals surface area contributed by atoms with Crippen molar-refractivity contribution in [1.29, 1.82) is 0 Å². The third kappa shape index (κ3) is 3.34. The van der Waals surface area contributed by atoms with Crippen LogP contribution in [0.15, 0.2) is 66.9 Å². The molecular weight excluding hydrogens is 374 g/mol. The van der Waals surface area contributed by atoms with E-state index in [0.29, 0.717) is 18.2 Å². The highest BCUT2D eigenvalue weighted by Gasteiger charge is 2.75. The van der Waals surface area contributed by atoms with Crippen molar-refractivity contribution in [2.45, 2.75) is 33.1 Å². The van der Waals surface area contributed by atoms with Gasteiger partial charge >= 0.3 is 0 Å². The summed E-state index contributed by atoms with van der Waals surface area (Å²) in [7, 11) is 0. The van der Waals surface area contributed by atoms with Crippen LogP contribution in [0.5, 0.6) is 5.75 Å². The topological polar surface area (TPSA) is 64.1 Å². The van der Waals surface area contributed by atoms with Gasteiger partial charge in [-0.3, -0.25) is 4.79 Å². The molecular formula is C25H27N3O2. The molecule has 1 heterocycles. The third-order valence-electron chi connectivity index (χ3n) is 6.38. The highest BCUT2D eigenvalue weighted by atomic mass is 16.5. The molecule has 1 aliphatic rings. The van der Waals surface area contributed by atoms with E-state index in [-0.39, 0.29) is 17.2 Å². The summed E-state index contributed by atoms with van der Waals surface area (Å²) in [6.07, 6.45) is 1.71. The Morgan fingerprint density at radius 2 is 1.67 bits per heavy atom. The molecule has 0 saturated heterocycles. The number of hydrogen-bond donors (Lipinski definition) is 1. The fraction of sp³-hybridized carbons (Fsp3) is 0.320. The van der Waals surface area contributed by atoms with Gasteiger partial charge in [0.25, 0.3) is 0 Å². The summed E-state index contributed by atoms with van der Waals surface area (Å²) < 4.78 is 6.23. The van der Waals surface area contributed by atoms with Gasteiger partial charge in [-0.25, -0.2) is 9.97 Å². The fourth-order valence-electron chi connectivity index (χ4n) is 4.67. The second kappa shape index (κ2) is 7.56. The first kappa shape index (κ1) is 20.1. The molecule has 4 rings (SSSR count). The molecule has 2 aromatic carbocycles. The van der Waals surface area contributed by atoms with Crippen molar-refractivity contribution < 1.29 is 9.53 Å². The van der Waals surface area contributed by atoms with Crippen molar-refractivity contribution >= 4 is 11.6 Å². The largest absolute Gasteiger partial charge is 0.489 e. The Morgan fingerprint density at radius 3 is 2.30 bits per heavy atom. The Bertz CT molecular complexity index is 1050. The molecule has 2 atom stereocenters. The monoisotopic (exact) mass is 401 g/mol. The first-order valence-corrected chi connectivity index (χ1v) is 10.2. The summed E-state index contributed by atoms with van der Waals surface area (Å²) in [6, 6.07) is 19.8. The zero-order valence-electron chi connectivity index (χ0n) is 17.8. The molecule has 5 heteroatoms. The van der Waals surface area contributed by atoms with Crippen LogP contribution < -0.4 is 10.1 Å². The number of aryl methyl sites for hydroxylation is 2. The van der Waals surface area contributed by atoms with E-state index in [1.807, 2.05) is 62.4 Å². The molecule has 1 saturated carbocycles. The molecule has 5 nitrogen and oxygen atoms in total. The van der Waals surface area contributed by atoms with E-state index in [9.17, 15) is 4.79 Å². The predicted molar refractivity (Wildman–Crippen MR) is 117 cm³/mol. The highest BCUT2D eigenvalue weighted by Crippen LogP contribution is 2.69. The molecule has 0 radical (unpaired) electrons. The maximum atomic E-state index is 13.3. The molecule has 0 aliphatic heterocycles. The average Bonchev–Trinajstić information content (AvgIpc) is 3.24. The third-order valence-corrected chi connectivity index (χ3v) is 6.38. The summed E-state index contributed by atoms with van der Waals surface area (Å²) in [6.45, 7) is 8.42.